The van der Waals surface area contributed by atoms with Gasteiger partial charge >= 0.3 is 0 Å². The number of nitrogens with zero attached hydrogens (tertiary/aromatic N) is 2. The topological polar surface area (TPSA) is 109 Å². The number of benzene rings is 4. The van der Waals surface area contributed by atoms with Crippen LogP contribution in [-0.4, -0.2) is 19.9 Å². The molecule has 32 heavy (non-hydrogen) atoms. The number of fused-ring (bicyclic) bond motifs is 2. The molecule has 6 heteroatoms. The number of imidazole rings is 2. The van der Waals surface area contributed by atoms with Crippen LogP contribution >= 0.6 is 0 Å². The molecule has 0 aliphatic rings. The number of rotatable bonds is 3. The van der Waals surface area contributed by atoms with Crippen molar-refractivity contribution in [3.8, 4) is 33.9 Å². The number of nitrogens with one attached hydrogen (secondary N) is 2. The number of nitrogens with two attached hydrogens (primary N) is 2. The van der Waals surface area contributed by atoms with Gasteiger partial charge in [0.1, 0.15) is 11.6 Å². The van der Waals surface area contributed by atoms with Gasteiger partial charge in [0.2, 0.25) is 0 Å². The number of anilines is 2. The quantitative estimate of drug-likeness (QED) is 0.281. The number of aromatic amines is 2. The minimum Gasteiger partial charge on any atom is -0.399 e. The Balaban J connectivity index is 1.39. The zero-order valence-electron chi connectivity index (χ0n) is 17.1. The van der Waals surface area contributed by atoms with Crippen molar-refractivity contribution in [3.63, 3.8) is 0 Å². The van der Waals surface area contributed by atoms with Gasteiger partial charge in [0.25, 0.3) is 0 Å². The summed E-state index contributed by atoms with van der Waals surface area (Å²) in [6.45, 7) is 0. The maximum atomic E-state index is 5.93. The van der Waals surface area contributed by atoms with E-state index in [-0.39, 0.29) is 0 Å². The largest absolute Gasteiger partial charge is 0.399 e. The summed E-state index contributed by atoms with van der Waals surface area (Å²) in [7, 11) is 0. The second-order valence-electron chi connectivity index (χ2n) is 7.89. The first kappa shape index (κ1) is 18.2. The van der Waals surface area contributed by atoms with E-state index < -0.39 is 0 Å². The van der Waals surface area contributed by atoms with Gasteiger partial charge in [-0.3, -0.25) is 0 Å². The van der Waals surface area contributed by atoms with Crippen molar-refractivity contribution < 1.29 is 0 Å². The van der Waals surface area contributed by atoms with E-state index in [9.17, 15) is 0 Å². The third kappa shape index (κ3) is 3.15. The first-order valence-electron chi connectivity index (χ1n) is 10.3. The first-order valence-corrected chi connectivity index (χ1v) is 10.3. The van der Waals surface area contributed by atoms with Crippen LogP contribution in [0.1, 0.15) is 0 Å². The van der Waals surface area contributed by atoms with Crippen molar-refractivity contribution >= 4 is 33.4 Å². The molecule has 0 aliphatic carbocycles. The van der Waals surface area contributed by atoms with E-state index in [1.54, 1.807) is 0 Å². The van der Waals surface area contributed by atoms with Gasteiger partial charge in [0.05, 0.1) is 22.1 Å². The van der Waals surface area contributed by atoms with E-state index in [1.165, 1.54) is 0 Å². The molecule has 0 aliphatic heterocycles. The lowest BCUT2D eigenvalue weighted by Crippen LogP contribution is -1.86. The average Bonchev–Trinajstić information content (AvgIpc) is 3.42. The molecule has 2 aromatic heterocycles. The van der Waals surface area contributed by atoms with Crippen LogP contribution in [0.3, 0.4) is 0 Å². The maximum absolute atomic E-state index is 5.93. The van der Waals surface area contributed by atoms with Gasteiger partial charge in [-0.05, 0) is 59.7 Å². The van der Waals surface area contributed by atoms with E-state index >= 15 is 0 Å². The molecule has 0 amide bonds. The van der Waals surface area contributed by atoms with Crippen molar-refractivity contribution in [1.82, 2.24) is 19.9 Å². The Morgan fingerprint density at radius 1 is 0.500 bits per heavy atom. The van der Waals surface area contributed by atoms with E-state index in [0.717, 1.165) is 56.0 Å². The molecule has 0 bridgehead atoms. The molecule has 0 unspecified atom stereocenters. The van der Waals surface area contributed by atoms with Gasteiger partial charge in [-0.25, -0.2) is 9.97 Å². The summed E-state index contributed by atoms with van der Waals surface area (Å²) in [6.07, 6.45) is 0. The number of nitrogen functional groups attached to an aromatic ring is 2. The monoisotopic (exact) mass is 416 g/mol. The van der Waals surface area contributed by atoms with Crippen LogP contribution in [0, 0.1) is 0 Å². The molecule has 6 aromatic rings. The highest BCUT2D eigenvalue weighted by molar-refractivity contribution is 5.88. The summed E-state index contributed by atoms with van der Waals surface area (Å²) < 4.78 is 0. The summed E-state index contributed by atoms with van der Waals surface area (Å²) in [4.78, 5) is 16.3. The lowest BCUT2D eigenvalue weighted by atomic mass is 10.0. The number of hydrogen-bond acceptors (Lipinski definition) is 4. The zero-order valence-corrected chi connectivity index (χ0v) is 17.1. The van der Waals surface area contributed by atoms with Crippen LogP contribution in [0.15, 0.2) is 84.9 Å². The number of H-pyrrole nitrogens is 2. The minimum absolute atomic E-state index is 0.717. The molecular formula is C26H20N6. The van der Waals surface area contributed by atoms with Crippen molar-refractivity contribution in [2.75, 3.05) is 11.5 Å². The van der Waals surface area contributed by atoms with Crippen LogP contribution in [0.4, 0.5) is 11.4 Å². The van der Waals surface area contributed by atoms with E-state index in [0.29, 0.717) is 11.4 Å². The van der Waals surface area contributed by atoms with Crippen molar-refractivity contribution in [3.05, 3.63) is 84.9 Å². The Kier molecular flexibility index (Phi) is 3.98. The molecule has 0 spiro atoms. The molecule has 154 valence electrons. The molecule has 0 fully saturated rings. The fourth-order valence-electron chi connectivity index (χ4n) is 4.02. The lowest BCUT2D eigenvalue weighted by Gasteiger charge is -2.01. The predicted octanol–water partition coefficient (Wildman–Crippen LogP) is 5.60. The predicted molar refractivity (Wildman–Crippen MR) is 131 cm³/mol. The molecule has 0 saturated heterocycles. The van der Waals surface area contributed by atoms with Crippen molar-refractivity contribution in [2.45, 2.75) is 0 Å². The van der Waals surface area contributed by atoms with E-state index in [2.05, 4.69) is 34.2 Å². The SMILES string of the molecule is Nc1cccc(-c2nc3ccc(-c4ccc5nc(-c6cccc(N)c6)[nH]c5c4)cc3[nH]2)c1. The molecule has 0 radical (unpaired) electrons. The Labute approximate surface area is 184 Å². The van der Waals surface area contributed by atoms with Gasteiger partial charge in [-0.15, -0.1) is 0 Å². The fraction of sp³-hybridized carbons (Fsp3) is 0. The molecular weight excluding hydrogens is 396 g/mol. The Hall–Kier alpha value is -4.58. The van der Waals surface area contributed by atoms with Gasteiger partial charge in [0.15, 0.2) is 0 Å². The van der Waals surface area contributed by atoms with Crippen LogP contribution in [-0.2, 0) is 0 Å². The van der Waals surface area contributed by atoms with Crippen LogP contribution in [0.5, 0.6) is 0 Å². The normalized spacial score (nSPS) is 11.4. The molecule has 6 N–H and O–H groups in total. The van der Waals surface area contributed by atoms with Gasteiger partial charge in [-0.1, -0.05) is 36.4 Å². The molecule has 0 atom stereocenters. The third-order valence-electron chi connectivity index (χ3n) is 5.62. The molecule has 0 saturated carbocycles. The van der Waals surface area contributed by atoms with Crippen LogP contribution in [0.2, 0.25) is 0 Å². The van der Waals surface area contributed by atoms with Crippen LogP contribution in [0.25, 0.3) is 56.0 Å². The maximum Gasteiger partial charge on any atom is 0.138 e. The first-order chi connectivity index (χ1) is 15.6. The highest BCUT2D eigenvalue weighted by Crippen LogP contribution is 2.29. The summed E-state index contributed by atoms with van der Waals surface area (Å²) >= 11 is 0. The Bertz CT molecular complexity index is 1490. The van der Waals surface area contributed by atoms with E-state index in [1.807, 2.05) is 60.7 Å². The zero-order chi connectivity index (χ0) is 21.7. The fourth-order valence-corrected chi connectivity index (χ4v) is 4.02. The highest BCUT2D eigenvalue weighted by Gasteiger charge is 2.10. The van der Waals surface area contributed by atoms with Gasteiger partial charge in [-0.2, -0.15) is 0 Å². The van der Waals surface area contributed by atoms with Crippen LogP contribution < -0.4 is 11.5 Å². The second-order valence-corrected chi connectivity index (χ2v) is 7.89. The van der Waals surface area contributed by atoms with E-state index in [4.69, 9.17) is 21.4 Å². The Morgan fingerprint density at radius 2 is 0.969 bits per heavy atom. The summed E-state index contributed by atoms with van der Waals surface area (Å²) in [5, 5.41) is 0. The highest BCUT2D eigenvalue weighted by atomic mass is 14.9. The standard InChI is InChI=1S/C26H20N6/c27-19-5-1-3-17(11-19)25-29-21-9-7-15(13-23(21)31-25)16-8-10-22-24(14-16)32-26(30-22)18-4-2-6-20(28)12-18/h1-14H,27-28H2,(H,29,31)(H,30,32). The second kappa shape index (κ2) is 6.99. The van der Waals surface area contributed by atoms with Crippen molar-refractivity contribution in [1.29, 1.82) is 0 Å². The summed E-state index contributed by atoms with van der Waals surface area (Å²) in [6, 6.07) is 27.9. The molecule has 4 aromatic carbocycles. The van der Waals surface area contributed by atoms with Crippen molar-refractivity contribution in [2.24, 2.45) is 0 Å². The summed E-state index contributed by atoms with van der Waals surface area (Å²) in [5.74, 6) is 1.61. The molecule has 6 nitrogen and oxygen atoms in total. The molecule has 6 rings (SSSR count). The minimum atomic E-state index is 0.717. The third-order valence-corrected chi connectivity index (χ3v) is 5.62. The number of aromatic nitrogens is 4. The Morgan fingerprint density at radius 3 is 1.41 bits per heavy atom. The number of hydrogen-bond donors (Lipinski definition) is 4. The average molecular weight is 416 g/mol. The lowest BCUT2D eigenvalue weighted by molar-refractivity contribution is 1.34. The van der Waals surface area contributed by atoms with Gasteiger partial charge in [0, 0.05) is 22.5 Å². The summed E-state index contributed by atoms with van der Waals surface area (Å²) in [5.41, 5.74) is 21.2. The molecule has 2 heterocycles. The van der Waals surface area contributed by atoms with Gasteiger partial charge < -0.3 is 21.4 Å². The smallest absolute Gasteiger partial charge is 0.138 e.